The maximum absolute atomic E-state index is 10.5. The molecule has 70 valence electrons. The number of aromatic nitrogens is 1. The highest BCUT2D eigenvalue weighted by atomic mass is 16.5. The predicted molar refractivity (Wildman–Crippen MR) is 47.0 cm³/mol. The predicted octanol–water partition coefficient (Wildman–Crippen LogP) is 1.57. The Morgan fingerprint density at radius 1 is 1.62 bits per heavy atom. The summed E-state index contributed by atoms with van der Waals surface area (Å²) >= 11 is 0. The lowest BCUT2D eigenvalue weighted by atomic mass is 10.3. The third-order valence-electron chi connectivity index (χ3n) is 1.40. The van der Waals surface area contributed by atoms with Crippen molar-refractivity contribution in [1.82, 2.24) is 4.98 Å². The summed E-state index contributed by atoms with van der Waals surface area (Å²) in [7, 11) is 0. The van der Waals surface area contributed by atoms with Crippen LogP contribution in [0.1, 0.15) is 23.8 Å². The van der Waals surface area contributed by atoms with E-state index in [1.807, 2.05) is 6.92 Å². The Morgan fingerprint density at radius 2 is 2.38 bits per heavy atom. The third-order valence-corrected chi connectivity index (χ3v) is 1.40. The van der Waals surface area contributed by atoms with E-state index in [9.17, 15) is 4.79 Å². The van der Waals surface area contributed by atoms with Gasteiger partial charge in [-0.2, -0.15) is 0 Å². The zero-order valence-electron chi connectivity index (χ0n) is 7.36. The average molecular weight is 181 g/mol. The quantitative estimate of drug-likeness (QED) is 0.765. The van der Waals surface area contributed by atoms with Crippen LogP contribution >= 0.6 is 0 Å². The van der Waals surface area contributed by atoms with Crippen LogP contribution in [0.2, 0.25) is 0 Å². The Balaban J connectivity index is 2.73. The van der Waals surface area contributed by atoms with Gasteiger partial charge in [0, 0.05) is 6.07 Å². The molecule has 0 unspecified atom stereocenters. The van der Waals surface area contributed by atoms with Crippen LogP contribution in [-0.4, -0.2) is 22.7 Å². The van der Waals surface area contributed by atoms with Gasteiger partial charge in [0.15, 0.2) is 5.69 Å². The smallest absolute Gasteiger partial charge is 0.354 e. The lowest BCUT2D eigenvalue weighted by Gasteiger charge is -2.02. The summed E-state index contributed by atoms with van der Waals surface area (Å²) in [5.74, 6) is -0.677. The molecule has 0 aliphatic carbocycles. The number of pyridine rings is 1. The van der Waals surface area contributed by atoms with Crippen LogP contribution in [0.25, 0.3) is 0 Å². The minimum Gasteiger partial charge on any atom is -0.478 e. The highest BCUT2D eigenvalue weighted by molar-refractivity contribution is 5.85. The fraction of sp³-hybridized carbons (Fsp3) is 0.333. The van der Waals surface area contributed by atoms with E-state index in [0.29, 0.717) is 12.5 Å². The summed E-state index contributed by atoms with van der Waals surface area (Å²) in [5, 5.41) is 8.62. The van der Waals surface area contributed by atoms with Crippen molar-refractivity contribution in [2.75, 3.05) is 6.61 Å². The Labute approximate surface area is 76.2 Å². The first-order chi connectivity index (χ1) is 6.24. The molecular formula is C9H11NO3. The van der Waals surface area contributed by atoms with Crippen LogP contribution in [0.5, 0.6) is 5.88 Å². The van der Waals surface area contributed by atoms with Crippen molar-refractivity contribution in [3.8, 4) is 5.88 Å². The van der Waals surface area contributed by atoms with E-state index in [-0.39, 0.29) is 5.69 Å². The maximum atomic E-state index is 10.5. The van der Waals surface area contributed by atoms with Crippen molar-refractivity contribution >= 4 is 5.97 Å². The number of rotatable bonds is 4. The number of carbonyl (C=O) groups is 1. The number of aromatic carboxylic acids is 1. The average Bonchev–Trinajstić information content (AvgIpc) is 2.15. The molecule has 0 radical (unpaired) electrons. The molecule has 1 rings (SSSR count). The lowest BCUT2D eigenvalue weighted by molar-refractivity contribution is 0.0689. The van der Waals surface area contributed by atoms with Crippen molar-refractivity contribution in [3.05, 3.63) is 23.9 Å². The first-order valence-corrected chi connectivity index (χ1v) is 4.07. The Kier molecular flexibility index (Phi) is 3.25. The standard InChI is InChI=1S/C9H11NO3/c1-2-6-13-8-5-3-4-7(10-8)9(11)12/h3-5H,2,6H2,1H3,(H,11,12). The second kappa shape index (κ2) is 4.45. The van der Waals surface area contributed by atoms with E-state index in [4.69, 9.17) is 9.84 Å². The van der Waals surface area contributed by atoms with Crippen LogP contribution in [0.4, 0.5) is 0 Å². The second-order valence-corrected chi connectivity index (χ2v) is 2.51. The molecule has 0 aliphatic heterocycles. The van der Waals surface area contributed by atoms with E-state index in [1.54, 1.807) is 12.1 Å². The fourth-order valence-electron chi connectivity index (χ4n) is 0.821. The molecule has 0 bridgehead atoms. The topological polar surface area (TPSA) is 59.4 Å². The van der Waals surface area contributed by atoms with Gasteiger partial charge >= 0.3 is 5.97 Å². The molecule has 0 saturated carbocycles. The SMILES string of the molecule is CCCOc1cccc(C(=O)O)n1. The molecule has 0 fully saturated rings. The summed E-state index contributed by atoms with van der Waals surface area (Å²) in [5.41, 5.74) is 0.00797. The first-order valence-electron chi connectivity index (χ1n) is 4.07. The van der Waals surface area contributed by atoms with Crippen LogP contribution in [0, 0.1) is 0 Å². The summed E-state index contributed by atoms with van der Waals surface area (Å²) in [6.07, 6.45) is 0.874. The zero-order chi connectivity index (χ0) is 9.68. The van der Waals surface area contributed by atoms with Gasteiger partial charge in [0.25, 0.3) is 0 Å². The molecule has 13 heavy (non-hydrogen) atoms. The molecule has 0 aliphatic rings. The highest BCUT2D eigenvalue weighted by Gasteiger charge is 2.04. The molecule has 1 aromatic rings. The van der Waals surface area contributed by atoms with Crippen molar-refractivity contribution < 1.29 is 14.6 Å². The molecule has 4 heteroatoms. The largest absolute Gasteiger partial charge is 0.478 e. The van der Waals surface area contributed by atoms with Gasteiger partial charge in [-0.25, -0.2) is 9.78 Å². The Hall–Kier alpha value is -1.58. The molecular weight excluding hydrogens is 170 g/mol. The van der Waals surface area contributed by atoms with E-state index in [0.717, 1.165) is 6.42 Å². The van der Waals surface area contributed by atoms with Crippen LogP contribution in [-0.2, 0) is 0 Å². The fourth-order valence-corrected chi connectivity index (χ4v) is 0.821. The minimum absolute atomic E-state index is 0.00797. The summed E-state index contributed by atoms with van der Waals surface area (Å²) in [6.45, 7) is 2.52. The Morgan fingerprint density at radius 3 is 3.00 bits per heavy atom. The molecule has 0 spiro atoms. The third kappa shape index (κ3) is 2.74. The van der Waals surface area contributed by atoms with Crippen LogP contribution in [0.3, 0.4) is 0 Å². The number of carboxylic acids is 1. The van der Waals surface area contributed by atoms with Gasteiger partial charge in [-0.05, 0) is 12.5 Å². The minimum atomic E-state index is -1.04. The van der Waals surface area contributed by atoms with Gasteiger partial charge in [0.05, 0.1) is 6.61 Å². The van der Waals surface area contributed by atoms with Crippen LogP contribution < -0.4 is 4.74 Å². The molecule has 0 aromatic carbocycles. The maximum Gasteiger partial charge on any atom is 0.354 e. The van der Waals surface area contributed by atoms with Gasteiger partial charge in [-0.15, -0.1) is 0 Å². The number of ether oxygens (including phenoxy) is 1. The molecule has 1 N–H and O–H groups in total. The van der Waals surface area contributed by atoms with Gasteiger partial charge in [-0.1, -0.05) is 13.0 Å². The monoisotopic (exact) mass is 181 g/mol. The van der Waals surface area contributed by atoms with Crippen LogP contribution in [0.15, 0.2) is 18.2 Å². The summed E-state index contributed by atoms with van der Waals surface area (Å²) < 4.78 is 5.17. The van der Waals surface area contributed by atoms with Gasteiger partial charge in [-0.3, -0.25) is 0 Å². The number of hydrogen-bond acceptors (Lipinski definition) is 3. The van der Waals surface area contributed by atoms with E-state index in [2.05, 4.69) is 4.98 Å². The zero-order valence-corrected chi connectivity index (χ0v) is 7.36. The number of nitrogens with zero attached hydrogens (tertiary/aromatic N) is 1. The molecule has 4 nitrogen and oxygen atoms in total. The van der Waals surface area contributed by atoms with Crippen molar-refractivity contribution in [2.24, 2.45) is 0 Å². The highest BCUT2D eigenvalue weighted by Crippen LogP contribution is 2.07. The molecule has 0 atom stereocenters. The van der Waals surface area contributed by atoms with Gasteiger partial charge in [0.2, 0.25) is 5.88 Å². The van der Waals surface area contributed by atoms with E-state index in [1.165, 1.54) is 6.07 Å². The van der Waals surface area contributed by atoms with Gasteiger partial charge < -0.3 is 9.84 Å². The normalized spacial score (nSPS) is 9.62. The molecule has 0 saturated heterocycles. The summed E-state index contributed by atoms with van der Waals surface area (Å²) in [4.78, 5) is 14.3. The number of hydrogen-bond donors (Lipinski definition) is 1. The van der Waals surface area contributed by atoms with Gasteiger partial charge in [0.1, 0.15) is 0 Å². The molecule has 0 amide bonds. The van der Waals surface area contributed by atoms with E-state index >= 15 is 0 Å². The first kappa shape index (κ1) is 9.51. The van der Waals surface area contributed by atoms with E-state index < -0.39 is 5.97 Å². The second-order valence-electron chi connectivity index (χ2n) is 2.51. The number of carboxylic acid groups (broad SMARTS) is 1. The lowest BCUT2D eigenvalue weighted by Crippen LogP contribution is -2.03. The van der Waals surface area contributed by atoms with Crippen molar-refractivity contribution in [3.63, 3.8) is 0 Å². The Bertz CT molecular complexity index is 299. The van der Waals surface area contributed by atoms with Crippen molar-refractivity contribution in [1.29, 1.82) is 0 Å². The van der Waals surface area contributed by atoms with Crippen molar-refractivity contribution in [2.45, 2.75) is 13.3 Å². The molecule has 1 aromatic heterocycles. The molecule has 1 heterocycles. The summed E-state index contributed by atoms with van der Waals surface area (Å²) in [6, 6.07) is 4.69.